The fourth-order valence-electron chi connectivity index (χ4n) is 1.84. The molecule has 0 fully saturated rings. The van der Waals surface area contributed by atoms with E-state index in [9.17, 15) is 9.59 Å². The van der Waals surface area contributed by atoms with Gasteiger partial charge in [-0.15, -0.1) is 0 Å². The lowest BCUT2D eigenvalue weighted by molar-refractivity contribution is -0.139. The van der Waals surface area contributed by atoms with Crippen molar-refractivity contribution in [1.29, 1.82) is 0 Å². The molecule has 1 aromatic carbocycles. The van der Waals surface area contributed by atoms with Crippen LogP contribution >= 0.6 is 0 Å². The van der Waals surface area contributed by atoms with Crippen LogP contribution in [0.4, 0.5) is 0 Å². The van der Waals surface area contributed by atoms with E-state index in [1.807, 2.05) is 32.0 Å². The predicted octanol–water partition coefficient (Wildman–Crippen LogP) is 1.66. The molecule has 0 aliphatic carbocycles. The summed E-state index contributed by atoms with van der Waals surface area (Å²) in [4.78, 5) is 23.1. The largest absolute Gasteiger partial charge is 0.467 e. The summed E-state index contributed by atoms with van der Waals surface area (Å²) in [5.74, 6) is -1.03. The van der Waals surface area contributed by atoms with Crippen LogP contribution in [-0.4, -0.2) is 18.0 Å². The quantitative estimate of drug-likeness (QED) is 0.511. The van der Waals surface area contributed by atoms with Crippen LogP contribution in [0.2, 0.25) is 0 Å². The zero-order valence-electron chi connectivity index (χ0n) is 12.4. The van der Waals surface area contributed by atoms with Gasteiger partial charge in [-0.2, -0.15) is 5.10 Å². The molecule has 114 valence electrons. The lowest BCUT2D eigenvalue weighted by Crippen LogP contribution is -2.37. The number of hydrogen-bond donors (Lipinski definition) is 2. The van der Waals surface area contributed by atoms with Crippen molar-refractivity contribution in [3.8, 4) is 0 Å². The Kier molecular flexibility index (Phi) is 5.08. The number of hydrogen-bond acceptors (Lipinski definition) is 4. The van der Waals surface area contributed by atoms with E-state index in [0.29, 0.717) is 5.76 Å². The van der Waals surface area contributed by atoms with Crippen molar-refractivity contribution in [2.24, 2.45) is 5.10 Å². The van der Waals surface area contributed by atoms with Crippen molar-refractivity contribution >= 4 is 18.0 Å². The van der Waals surface area contributed by atoms with Gasteiger partial charge >= 0.3 is 11.8 Å². The second kappa shape index (κ2) is 7.21. The SMILES string of the molecule is Cc1ccc(/C=N\NC(=O)C(=O)NCc2ccco2)c(C)c1. The topological polar surface area (TPSA) is 83.7 Å². The molecule has 2 N–H and O–H groups in total. The average Bonchev–Trinajstić information content (AvgIpc) is 3.00. The molecule has 0 aliphatic rings. The molecule has 0 bridgehead atoms. The standard InChI is InChI=1S/C16H17N3O3/c1-11-5-6-13(12(2)8-11)9-18-19-16(21)15(20)17-10-14-4-3-7-22-14/h3-9H,10H2,1-2H3,(H,17,20)(H,19,21)/b18-9-. The van der Waals surface area contributed by atoms with Gasteiger partial charge < -0.3 is 9.73 Å². The van der Waals surface area contributed by atoms with Gasteiger partial charge in [-0.3, -0.25) is 9.59 Å². The van der Waals surface area contributed by atoms with Crippen molar-refractivity contribution in [1.82, 2.24) is 10.7 Å². The average molecular weight is 299 g/mol. The number of aryl methyl sites for hydroxylation is 2. The van der Waals surface area contributed by atoms with Crippen LogP contribution < -0.4 is 10.7 Å². The second-order valence-electron chi connectivity index (χ2n) is 4.82. The van der Waals surface area contributed by atoms with Gasteiger partial charge in [0.1, 0.15) is 5.76 Å². The number of carbonyl (C=O) groups is 2. The fraction of sp³-hybridized carbons (Fsp3) is 0.188. The summed E-state index contributed by atoms with van der Waals surface area (Å²) in [6.45, 7) is 4.10. The number of carbonyl (C=O) groups excluding carboxylic acids is 2. The molecule has 2 aromatic rings. The highest BCUT2D eigenvalue weighted by molar-refractivity contribution is 6.35. The number of nitrogens with zero attached hydrogens (tertiary/aromatic N) is 1. The molecule has 0 saturated carbocycles. The van der Waals surface area contributed by atoms with Crippen LogP contribution in [0.5, 0.6) is 0 Å². The van der Waals surface area contributed by atoms with E-state index in [1.54, 1.807) is 12.1 Å². The molecular weight excluding hydrogens is 282 g/mol. The van der Waals surface area contributed by atoms with Crippen LogP contribution in [0.25, 0.3) is 0 Å². The molecular formula is C16H17N3O3. The maximum atomic E-state index is 11.6. The van der Waals surface area contributed by atoms with Crippen molar-refractivity contribution in [2.75, 3.05) is 0 Å². The Morgan fingerprint density at radius 3 is 2.73 bits per heavy atom. The van der Waals surface area contributed by atoms with E-state index in [-0.39, 0.29) is 6.54 Å². The Balaban J connectivity index is 1.83. The zero-order valence-corrected chi connectivity index (χ0v) is 12.4. The lowest BCUT2D eigenvalue weighted by Gasteiger charge is -2.03. The summed E-state index contributed by atoms with van der Waals surface area (Å²) < 4.78 is 5.05. The third-order valence-corrected chi connectivity index (χ3v) is 3.00. The summed E-state index contributed by atoms with van der Waals surface area (Å²) in [5, 5.41) is 6.22. The van der Waals surface area contributed by atoms with Gasteiger partial charge in [0, 0.05) is 0 Å². The maximum absolute atomic E-state index is 11.6. The van der Waals surface area contributed by atoms with Gasteiger partial charge in [0.25, 0.3) is 0 Å². The third kappa shape index (κ3) is 4.31. The Hall–Kier alpha value is -2.89. The van der Waals surface area contributed by atoms with Crippen molar-refractivity contribution < 1.29 is 14.0 Å². The minimum Gasteiger partial charge on any atom is -0.467 e. The molecule has 0 aliphatic heterocycles. The Bertz CT molecular complexity index is 691. The van der Waals surface area contributed by atoms with Crippen LogP contribution in [0, 0.1) is 13.8 Å². The number of hydrazone groups is 1. The van der Waals surface area contributed by atoms with Gasteiger partial charge in [-0.1, -0.05) is 23.8 Å². The smallest absolute Gasteiger partial charge is 0.329 e. The molecule has 6 nitrogen and oxygen atoms in total. The molecule has 6 heteroatoms. The first-order valence-electron chi connectivity index (χ1n) is 6.77. The van der Waals surface area contributed by atoms with E-state index in [4.69, 9.17) is 4.42 Å². The van der Waals surface area contributed by atoms with Crippen LogP contribution in [-0.2, 0) is 16.1 Å². The van der Waals surface area contributed by atoms with E-state index < -0.39 is 11.8 Å². The second-order valence-corrected chi connectivity index (χ2v) is 4.82. The van der Waals surface area contributed by atoms with E-state index in [0.717, 1.165) is 16.7 Å². The summed E-state index contributed by atoms with van der Waals surface area (Å²) in [6.07, 6.45) is 3.00. The lowest BCUT2D eigenvalue weighted by atomic mass is 10.1. The first-order valence-corrected chi connectivity index (χ1v) is 6.77. The van der Waals surface area contributed by atoms with Crippen molar-refractivity contribution in [3.05, 3.63) is 59.0 Å². The first kappa shape index (κ1) is 15.5. The molecule has 2 amide bonds. The predicted molar refractivity (Wildman–Crippen MR) is 82.2 cm³/mol. The molecule has 1 aromatic heterocycles. The number of nitrogens with one attached hydrogen (secondary N) is 2. The fourth-order valence-corrected chi connectivity index (χ4v) is 1.84. The molecule has 22 heavy (non-hydrogen) atoms. The molecule has 0 spiro atoms. The molecule has 0 saturated heterocycles. The summed E-state index contributed by atoms with van der Waals surface area (Å²) in [7, 11) is 0. The normalized spacial score (nSPS) is 10.6. The maximum Gasteiger partial charge on any atom is 0.329 e. The summed E-state index contributed by atoms with van der Waals surface area (Å²) in [5.41, 5.74) is 5.26. The van der Waals surface area contributed by atoms with E-state index >= 15 is 0 Å². The van der Waals surface area contributed by atoms with E-state index in [1.165, 1.54) is 12.5 Å². The van der Waals surface area contributed by atoms with Crippen molar-refractivity contribution in [3.63, 3.8) is 0 Å². The molecule has 0 unspecified atom stereocenters. The number of furan rings is 1. The molecule has 1 heterocycles. The van der Waals surface area contributed by atoms with Gasteiger partial charge in [-0.05, 0) is 37.1 Å². The number of amides is 2. The number of rotatable bonds is 4. The highest BCUT2D eigenvalue weighted by Gasteiger charge is 2.12. The molecule has 0 atom stereocenters. The van der Waals surface area contributed by atoms with Crippen LogP contribution in [0.3, 0.4) is 0 Å². The van der Waals surface area contributed by atoms with Crippen LogP contribution in [0.1, 0.15) is 22.5 Å². The van der Waals surface area contributed by atoms with Gasteiger partial charge in [0.05, 0.1) is 19.0 Å². The summed E-state index contributed by atoms with van der Waals surface area (Å²) in [6, 6.07) is 9.27. The van der Waals surface area contributed by atoms with Crippen LogP contribution in [0.15, 0.2) is 46.1 Å². The highest BCUT2D eigenvalue weighted by Crippen LogP contribution is 2.07. The Morgan fingerprint density at radius 1 is 1.23 bits per heavy atom. The van der Waals surface area contributed by atoms with Gasteiger partial charge in [0.15, 0.2) is 0 Å². The number of benzene rings is 1. The highest BCUT2D eigenvalue weighted by atomic mass is 16.3. The monoisotopic (exact) mass is 299 g/mol. The van der Waals surface area contributed by atoms with Gasteiger partial charge in [-0.25, -0.2) is 5.43 Å². The third-order valence-electron chi connectivity index (χ3n) is 3.00. The zero-order chi connectivity index (χ0) is 15.9. The summed E-state index contributed by atoms with van der Waals surface area (Å²) >= 11 is 0. The minimum atomic E-state index is -0.826. The molecule has 2 rings (SSSR count). The first-order chi connectivity index (χ1) is 10.6. The van der Waals surface area contributed by atoms with Gasteiger partial charge in [0.2, 0.25) is 0 Å². The minimum absolute atomic E-state index is 0.153. The van der Waals surface area contributed by atoms with E-state index in [2.05, 4.69) is 15.8 Å². The Labute approximate surface area is 128 Å². The van der Waals surface area contributed by atoms with Crippen molar-refractivity contribution in [2.45, 2.75) is 20.4 Å². The Morgan fingerprint density at radius 2 is 2.05 bits per heavy atom. The molecule has 0 radical (unpaired) electrons.